The second-order valence-electron chi connectivity index (χ2n) is 4.98. The molecule has 0 amide bonds. The number of rotatable bonds is 3. The van der Waals surface area contributed by atoms with E-state index in [1.165, 1.54) is 5.69 Å². The molecule has 0 saturated carbocycles. The molecule has 4 nitrogen and oxygen atoms in total. The van der Waals surface area contributed by atoms with Crippen molar-refractivity contribution < 1.29 is 4.74 Å². The maximum absolute atomic E-state index is 5.87. The molecule has 1 aromatic rings. The van der Waals surface area contributed by atoms with Gasteiger partial charge in [0.15, 0.2) is 0 Å². The first-order valence-corrected chi connectivity index (χ1v) is 6.47. The molecule has 100 valence electrons. The van der Waals surface area contributed by atoms with Crippen LogP contribution in [0.2, 0.25) is 0 Å². The van der Waals surface area contributed by atoms with Crippen molar-refractivity contribution in [1.82, 2.24) is 4.90 Å². The summed E-state index contributed by atoms with van der Waals surface area (Å²) in [5.74, 6) is 0.935. The van der Waals surface area contributed by atoms with Crippen LogP contribution in [0.3, 0.4) is 0 Å². The first-order valence-electron chi connectivity index (χ1n) is 6.47. The van der Waals surface area contributed by atoms with Crippen molar-refractivity contribution >= 4 is 5.69 Å². The molecule has 2 N–H and O–H groups in total. The molecule has 1 saturated heterocycles. The normalized spacial score (nSPS) is 25.2. The van der Waals surface area contributed by atoms with Gasteiger partial charge in [0.2, 0.25) is 0 Å². The minimum Gasteiger partial charge on any atom is -0.495 e. The Morgan fingerprint density at radius 3 is 2.72 bits per heavy atom. The van der Waals surface area contributed by atoms with Gasteiger partial charge in [-0.05, 0) is 26.1 Å². The van der Waals surface area contributed by atoms with Gasteiger partial charge in [-0.2, -0.15) is 0 Å². The number of ether oxygens (including phenoxy) is 1. The number of benzene rings is 1. The average Bonchev–Trinajstić information content (AvgIpc) is 2.41. The van der Waals surface area contributed by atoms with Gasteiger partial charge in [0, 0.05) is 31.7 Å². The van der Waals surface area contributed by atoms with Gasteiger partial charge in [-0.3, -0.25) is 4.90 Å². The van der Waals surface area contributed by atoms with Crippen LogP contribution in [-0.2, 0) is 0 Å². The van der Waals surface area contributed by atoms with Crippen LogP contribution in [0.1, 0.15) is 6.92 Å². The fraction of sp³-hybridized carbons (Fsp3) is 0.571. The zero-order valence-corrected chi connectivity index (χ0v) is 11.5. The van der Waals surface area contributed by atoms with Crippen molar-refractivity contribution in [2.24, 2.45) is 5.73 Å². The van der Waals surface area contributed by atoms with Crippen LogP contribution >= 0.6 is 0 Å². The lowest BCUT2D eigenvalue weighted by Gasteiger charge is -2.44. The SMILES string of the molecule is COc1ccccc1N1CC(C)N(C)C(CN)C1. The van der Waals surface area contributed by atoms with E-state index in [2.05, 4.69) is 35.9 Å². The Labute approximate surface area is 109 Å². The molecule has 0 spiro atoms. The number of para-hydroxylation sites is 2. The summed E-state index contributed by atoms with van der Waals surface area (Å²) < 4.78 is 5.44. The molecule has 0 radical (unpaired) electrons. The van der Waals surface area contributed by atoms with E-state index in [9.17, 15) is 0 Å². The topological polar surface area (TPSA) is 41.7 Å². The van der Waals surface area contributed by atoms with Crippen LogP contribution in [0.15, 0.2) is 24.3 Å². The Morgan fingerprint density at radius 1 is 1.33 bits per heavy atom. The Hall–Kier alpha value is -1.26. The van der Waals surface area contributed by atoms with Crippen molar-refractivity contribution in [2.45, 2.75) is 19.0 Å². The van der Waals surface area contributed by atoms with Crippen LogP contribution in [0, 0.1) is 0 Å². The third kappa shape index (κ3) is 2.44. The molecule has 1 aliphatic rings. The molecule has 1 aliphatic heterocycles. The highest BCUT2D eigenvalue weighted by atomic mass is 16.5. The van der Waals surface area contributed by atoms with Crippen molar-refractivity contribution in [3.63, 3.8) is 0 Å². The van der Waals surface area contributed by atoms with E-state index in [-0.39, 0.29) is 0 Å². The minimum atomic E-state index is 0.402. The molecule has 1 heterocycles. The monoisotopic (exact) mass is 249 g/mol. The van der Waals surface area contributed by atoms with Crippen molar-refractivity contribution in [1.29, 1.82) is 0 Å². The molecule has 1 fully saturated rings. The molecule has 0 aliphatic carbocycles. The summed E-state index contributed by atoms with van der Waals surface area (Å²) in [4.78, 5) is 4.74. The predicted octanol–water partition coefficient (Wildman–Crippen LogP) is 1.16. The number of piperazine rings is 1. The molecule has 0 aromatic heterocycles. The highest BCUT2D eigenvalue weighted by Gasteiger charge is 2.29. The van der Waals surface area contributed by atoms with Crippen molar-refractivity contribution in [3.05, 3.63) is 24.3 Å². The molecular weight excluding hydrogens is 226 g/mol. The fourth-order valence-corrected chi connectivity index (χ4v) is 2.59. The van der Waals surface area contributed by atoms with Crippen molar-refractivity contribution in [3.8, 4) is 5.75 Å². The number of hydrogen-bond acceptors (Lipinski definition) is 4. The predicted molar refractivity (Wildman–Crippen MR) is 75.3 cm³/mol. The first kappa shape index (κ1) is 13.2. The maximum Gasteiger partial charge on any atom is 0.142 e. The number of nitrogens with zero attached hydrogens (tertiary/aromatic N) is 2. The molecule has 2 rings (SSSR count). The number of hydrogen-bond donors (Lipinski definition) is 1. The third-order valence-corrected chi connectivity index (χ3v) is 3.88. The van der Waals surface area contributed by atoms with E-state index in [4.69, 9.17) is 10.5 Å². The Kier molecular flexibility index (Phi) is 4.09. The van der Waals surface area contributed by atoms with E-state index in [1.54, 1.807) is 7.11 Å². The second-order valence-corrected chi connectivity index (χ2v) is 4.98. The molecule has 4 heteroatoms. The van der Waals surface area contributed by atoms with Gasteiger partial charge >= 0.3 is 0 Å². The van der Waals surface area contributed by atoms with Crippen LogP contribution in [0.5, 0.6) is 5.75 Å². The molecule has 2 atom stereocenters. The number of methoxy groups -OCH3 is 1. The highest BCUT2D eigenvalue weighted by Crippen LogP contribution is 2.30. The van der Waals surface area contributed by atoms with Crippen LogP contribution < -0.4 is 15.4 Å². The van der Waals surface area contributed by atoms with E-state index < -0.39 is 0 Å². The number of anilines is 1. The summed E-state index contributed by atoms with van der Waals surface area (Å²) in [6.45, 7) is 4.89. The van der Waals surface area contributed by atoms with Gasteiger partial charge in [0.25, 0.3) is 0 Å². The third-order valence-electron chi connectivity index (χ3n) is 3.88. The van der Waals surface area contributed by atoms with Crippen molar-refractivity contribution in [2.75, 3.05) is 38.7 Å². The summed E-state index contributed by atoms with van der Waals surface area (Å²) >= 11 is 0. The van der Waals surface area contributed by atoms with E-state index in [0.717, 1.165) is 18.8 Å². The summed E-state index contributed by atoms with van der Waals surface area (Å²) in [6.07, 6.45) is 0. The summed E-state index contributed by atoms with van der Waals surface area (Å²) in [5.41, 5.74) is 7.03. The zero-order chi connectivity index (χ0) is 13.1. The largest absolute Gasteiger partial charge is 0.495 e. The fourth-order valence-electron chi connectivity index (χ4n) is 2.59. The lowest BCUT2D eigenvalue weighted by molar-refractivity contribution is 0.162. The molecule has 1 aromatic carbocycles. The zero-order valence-electron chi connectivity index (χ0n) is 11.5. The van der Waals surface area contributed by atoms with E-state index in [1.807, 2.05) is 12.1 Å². The summed E-state index contributed by atoms with van der Waals surface area (Å²) in [7, 11) is 3.88. The van der Waals surface area contributed by atoms with Gasteiger partial charge < -0.3 is 15.4 Å². The van der Waals surface area contributed by atoms with Crippen LogP contribution in [-0.4, -0.2) is 50.8 Å². The second kappa shape index (κ2) is 5.59. The summed E-state index contributed by atoms with van der Waals surface area (Å²) in [5, 5.41) is 0. The van der Waals surface area contributed by atoms with E-state index >= 15 is 0 Å². The molecule has 2 unspecified atom stereocenters. The number of nitrogens with two attached hydrogens (primary N) is 1. The highest BCUT2D eigenvalue weighted by molar-refractivity contribution is 5.59. The Morgan fingerprint density at radius 2 is 2.06 bits per heavy atom. The first-order chi connectivity index (χ1) is 8.67. The number of likely N-dealkylation sites (N-methyl/N-ethyl adjacent to an activating group) is 1. The lowest BCUT2D eigenvalue weighted by atomic mass is 10.1. The van der Waals surface area contributed by atoms with Gasteiger partial charge in [-0.1, -0.05) is 12.1 Å². The molecule has 18 heavy (non-hydrogen) atoms. The molecular formula is C14H23N3O. The Balaban J connectivity index is 2.23. The maximum atomic E-state index is 5.87. The molecule has 0 bridgehead atoms. The smallest absolute Gasteiger partial charge is 0.142 e. The Bertz CT molecular complexity index is 396. The van der Waals surface area contributed by atoms with Crippen LogP contribution in [0.4, 0.5) is 5.69 Å². The van der Waals surface area contributed by atoms with Gasteiger partial charge in [-0.15, -0.1) is 0 Å². The standard InChI is InChI=1S/C14H23N3O/c1-11-9-17(10-12(8-15)16(11)2)13-6-4-5-7-14(13)18-3/h4-7,11-12H,8-10,15H2,1-3H3. The van der Waals surface area contributed by atoms with Gasteiger partial charge in [0.1, 0.15) is 5.75 Å². The van der Waals surface area contributed by atoms with Gasteiger partial charge in [-0.25, -0.2) is 0 Å². The lowest BCUT2D eigenvalue weighted by Crippen LogP contribution is -2.58. The van der Waals surface area contributed by atoms with E-state index in [0.29, 0.717) is 18.6 Å². The quantitative estimate of drug-likeness (QED) is 0.873. The average molecular weight is 249 g/mol. The van der Waals surface area contributed by atoms with Gasteiger partial charge in [0.05, 0.1) is 12.8 Å². The van der Waals surface area contributed by atoms with Crippen LogP contribution in [0.25, 0.3) is 0 Å². The minimum absolute atomic E-state index is 0.402. The summed E-state index contributed by atoms with van der Waals surface area (Å²) in [6, 6.07) is 9.08.